The van der Waals surface area contributed by atoms with Crippen molar-refractivity contribution >= 4 is 41.1 Å². The van der Waals surface area contributed by atoms with Crippen LogP contribution >= 0.6 is 11.6 Å². The van der Waals surface area contributed by atoms with Gasteiger partial charge in [0.15, 0.2) is 0 Å². The normalized spacial score (nSPS) is 12.5. The fourth-order valence-electron chi connectivity index (χ4n) is 2.23. The van der Waals surface area contributed by atoms with Crippen molar-refractivity contribution in [3.8, 4) is 0 Å². The first kappa shape index (κ1) is 15.7. The number of carboxylic acid groups (broad SMARTS) is 1. The number of halogens is 1. The lowest BCUT2D eigenvalue weighted by atomic mass is 10.0. The third-order valence-electron chi connectivity index (χ3n) is 3.37. The molecule has 0 spiro atoms. The predicted octanol–water partition coefficient (Wildman–Crippen LogP) is 2.60. The van der Waals surface area contributed by atoms with Crippen molar-refractivity contribution in [1.29, 1.82) is 0 Å². The molecule has 0 aromatic heterocycles. The second-order valence-electron chi connectivity index (χ2n) is 4.89. The number of anilines is 1. The Hall–Kier alpha value is -3.19. The Morgan fingerprint density at radius 2 is 1.71 bits per heavy atom. The SMILES string of the molecule is O=C(Nc1cc(Cl)ccc1C(=O)O)c1ccc2c(c1)C(=O)OC2=O. The number of carbonyl (C=O) groups is 4. The van der Waals surface area contributed by atoms with Crippen molar-refractivity contribution in [1.82, 2.24) is 0 Å². The molecule has 2 aromatic carbocycles. The number of hydrogen-bond donors (Lipinski definition) is 2. The zero-order chi connectivity index (χ0) is 17.4. The van der Waals surface area contributed by atoms with Gasteiger partial charge < -0.3 is 15.2 Å². The quantitative estimate of drug-likeness (QED) is 0.653. The molecule has 1 aliphatic heterocycles. The largest absolute Gasteiger partial charge is 0.478 e. The molecule has 1 aliphatic rings. The number of carbonyl (C=O) groups excluding carboxylic acids is 3. The monoisotopic (exact) mass is 345 g/mol. The molecule has 24 heavy (non-hydrogen) atoms. The number of fused-ring (bicyclic) bond motifs is 1. The number of esters is 2. The van der Waals surface area contributed by atoms with Gasteiger partial charge >= 0.3 is 17.9 Å². The zero-order valence-corrected chi connectivity index (χ0v) is 12.6. The summed E-state index contributed by atoms with van der Waals surface area (Å²) in [6.07, 6.45) is 0. The predicted molar refractivity (Wildman–Crippen MR) is 82.6 cm³/mol. The molecule has 0 unspecified atom stereocenters. The van der Waals surface area contributed by atoms with Gasteiger partial charge in [0.1, 0.15) is 0 Å². The van der Waals surface area contributed by atoms with E-state index >= 15 is 0 Å². The van der Waals surface area contributed by atoms with Crippen LogP contribution in [0.25, 0.3) is 0 Å². The summed E-state index contributed by atoms with van der Waals surface area (Å²) in [6, 6.07) is 7.79. The number of nitrogens with one attached hydrogen (secondary N) is 1. The second kappa shape index (κ2) is 5.78. The summed E-state index contributed by atoms with van der Waals surface area (Å²) in [6.45, 7) is 0. The summed E-state index contributed by atoms with van der Waals surface area (Å²) in [5.74, 6) is -3.50. The lowest BCUT2D eigenvalue weighted by molar-refractivity contribution is 0.0443. The van der Waals surface area contributed by atoms with Gasteiger partial charge in [0.05, 0.1) is 22.4 Å². The zero-order valence-electron chi connectivity index (χ0n) is 11.8. The van der Waals surface area contributed by atoms with Crippen LogP contribution in [0.5, 0.6) is 0 Å². The van der Waals surface area contributed by atoms with Gasteiger partial charge in [-0.05, 0) is 36.4 Å². The van der Waals surface area contributed by atoms with E-state index in [1.54, 1.807) is 0 Å². The number of carboxylic acids is 1. The third-order valence-corrected chi connectivity index (χ3v) is 3.60. The molecular weight excluding hydrogens is 338 g/mol. The molecule has 0 saturated heterocycles. The Balaban J connectivity index is 1.93. The first-order valence-electron chi connectivity index (χ1n) is 6.61. The van der Waals surface area contributed by atoms with Gasteiger partial charge in [-0.25, -0.2) is 14.4 Å². The average Bonchev–Trinajstić information content (AvgIpc) is 2.81. The molecule has 2 N–H and O–H groups in total. The van der Waals surface area contributed by atoms with Crippen molar-refractivity contribution in [2.45, 2.75) is 0 Å². The molecule has 7 nitrogen and oxygen atoms in total. The first-order chi connectivity index (χ1) is 11.4. The second-order valence-corrected chi connectivity index (χ2v) is 5.32. The Bertz CT molecular complexity index is 921. The van der Waals surface area contributed by atoms with Gasteiger partial charge in [-0.3, -0.25) is 4.79 Å². The highest BCUT2D eigenvalue weighted by molar-refractivity contribution is 6.31. The molecule has 0 radical (unpaired) electrons. The lowest BCUT2D eigenvalue weighted by Gasteiger charge is -2.09. The summed E-state index contributed by atoms with van der Waals surface area (Å²) >= 11 is 5.82. The van der Waals surface area contributed by atoms with E-state index in [1.165, 1.54) is 36.4 Å². The molecule has 0 bridgehead atoms. The van der Waals surface area contributed by atoms with Crippen LogP contribution in [0.1, 0.15) is 41.4 Å². The van der Waals surface area contributed by atoms with Gasteiger partial charge in [0.2, 0.25) is 0 Å². The van der Waals surface area contributed by atoms with E-state index in [4.69, 9.17) is 16.7 Å². The van der Waals surface area contributed by atoms with E-state index in [2.05, 4.69) is 10.1 Å². The fraction of sp³-hybridized carbons (Fsp3) is 0. The number of benzene rings is 2. The molecule has 1 amide bonds. The minimum atomic E-state index is -1.23. The number of amides is 1. The van der Waals surface area contributed by atoms with Crippen LogP contribution in [0.2, 0.25) is 5.02 Å². The lowest BCUT2D eigenvalue weighted by Crippen LogP contribution is -2.15. The Morgan fingerprint density at radius 3 is 2.42 bits per heavy atom. The summed E-state index contributed by atoms with van der Waals surface area (Å²) in [5.41, 5.74) is 0.00194. The molecule has 0 atom stereocenters. The van der Waals surface area contributed by atoms with E-state index in [-0.39, 0.29) is 33.0 Å². The molecule has 0 saturated carbocycles. The van der Waals surface area contributed by atoms with Gasteiger partial charge in [0, 0.05) is 10.6 Å². The summed E-state index contributed by atoms with van der Waals surface area (Å²) in [7, 11) is 0. The maximum atomic E-state index is 12.3. The topological polar surface area (TPSA) is 110 Å². The molecule has 1 heterocycles. The summed E-state index contributed by atoms with van der Waals surface area (Å²) in [4.78, 5) is 46.4. The van der Waals surface area contributed by atoms with Gasteiger partial charge in [0.25, 0.3) is 5.91 Å². The van der Waals surface area contributed by atoms with E-state index in [9.17, 15) is 19.2 Å². The van der Waals surface area contributed by atoms with E-state index < -0.39 is 23.8 Å². The average molecular weight is 346 g/mol. The molecule has 0 aliphatic carbocycles. The van der Waals surface area contributed by atoms with Crippen LogP contribution in [0.15, 0.2) is 36.4 Å². The minimum absolute atomic E-state index is 0.0131. The van der Waals surface area contributed by atoms with Crippen LogP contribution in [-0.4, -0.2) is 28.9 Å². The maximum absolute atomic E-state index is 12.3. The van der Waals surface area contributed by atoms with Gasteiger partial charge in [-0.2, -0.15) is 0 Å². The number of rotatable bonds is 3. The molecular formula is C16H8ClNO6. The number of cyclic esters (lactones) is 2. The van der Waals surface area contributed by atoms with E-state index in [0.717, 1.165) is 0 Å². The van der Waals surface area contributed by atoms with Crippen LogP contribution in [0.4, 0.5) is 5.69 Å². The molecule has 0 fully saturated rings. The van der Waals surface area contributed by atoms with Crippen LogP contribution in [0.3, 0.4) is 0 Å². The Morgan fingerprint density at radius 1 is 1.00 bits per heavy atom. The Kier molecular flexibility index (Phi) is 3.78. The third kappa shape index (κ3) is 2.72. The summed E-state index contributed by atoms with van der Waals surface area (Å²) in [5, 5.41) is 11.8. The van der Waals surface area contributed by atoms with Crippen LogP contribution < -0.4 is 5.32 Å². The van der Waals surface area contributed by atoms with Crippen molar-refractivity contribution in [3.05, 3.63) is 63.7 Å². The van der Waals surface area contributed by atoms with Crippen molar-refractivity contribution in [2.24, 2.45) is 0 Å². The number of hydrogen-bond acceptors (Lipinski definition) is 5. The highest BCUT2D eigenvalue weighted by Gasteiger charge is 2.30. The van der Waals surface area contributed by atoms with Crippen LogP contribution in [0, 0.1) is 0 Å². The maximum Gasteiger partial charge on any atom is 0.346 e. The first-order valence-corrected chi connectivity index (χ1v) is 6.99. The highest BCUT2D eigenvalue weighted by Crippen LogP contribution is 2.24. The number of ether oxygens (including phenoxy) is 1. The highest BCUT2D eigenvalue weighted by atomic mass is 35.5. The van der Waals surface area contributed by atoms with E-state index in [0.29, 0.717) is 0 Å². The smallest absolute Gasteiger partial charge is 0.346 e. The standard InChI is InChI=1S/C16H8ClNO6/c17-8-2-4-10(14(20)21)12(6-8)18-13(19)7-1-3-9-11(5-7)16(23)24-15(9)22/h1-6H,(H,18,19)(H,20,21). The molecule has 8 heteroatoms. The van der Waals surface area contributed by atoms with Gasteiger partial charge in [-0.15, -0.1) is 0 Å². The van der Waals surface area contributed by atoms with E-state index in [1.807, 2.05) is 0 Å². The molecule has 3 rings (SSSR count). The Labute approximate surface area is 139 Å². The molecule has 120 valence electrons. The summed E-state index contributed by atoms with van der Waals surface area (Å²) < 4.78 is 4.45. The minimum Gasteiger partial charge on any atom is -0.478 e. The van der Waals surface area contributed by atoms with Crippen LogP contribution in [-0.2, 0) is 4.74 Å². The van der Waals surface area contributed by atoms with Crippen molar-refractivity contribution in [2.75, 3.05) is 5.32 Å². The fourth-order valence-corrected chi connectivity index (χ4v) is 2.40. The van der Waals surface area contributed by atoms with Crippen molar-refractivity contribution < 1.29 is 29.0 Å². The van der Waals surface area contributed by atoms with Crippen molar-refractivity contribution in [3.63, 3.8) is 0 Å². The van der Waals surface area contributed by atoms with Gasteiger partial charge in [-0.1, -0.05) is 11.6 Å². The number of aromatic carboxylic acids is 1. The molecule has 2 aromatic rings.